The number of urea groups is 1. The van der Waals surface area contributed by atoms with Crippen LogP contribution >= 0.6 is 0 Å². The highest BCUT2D eigenvalue weighted by Crippen LogP contribution is 2.19. The zero-order valence-corrected chi connectivity index (χ0v) is 16.9. The van der Waals surface area contributed by atoms with Crippen molar-refractivity contribution in [3.63, 3.8) is 0 Å². The maximum absolute atomic E-state index is 12.7. The molecule has 0 spiro atoms. The Bertz CT molecular complexity index is 861. The van der Waals surface area contributed by atoms with Crippen LogP contribution in [0.3, 0.4) is 0 Å². The molecule has 1 unspecified atom stereocenters. The van der Waals surface area contributed by atoms with Gasteiger partial charge in [-0.2, -0.15) is 4.31 Å². The summed E-state index contributed by atoms with van der Waals surface area (Å²) in [6, 6.07) is 11.8. The fraction of sp³-hybridized carbons (Fsp3) is 0.421. The molecule has 1 aromatic carbocycles. The third-order valence-corrected chi connectivity index (χ3v) is 6.76. The smallest absolute Gasteiger partial charge is 0.317 e. The summed E-state index contributed by atoms with van der Waals surface area (Å²) in [5.74, 6) is 0.782. The molecule has 1 saturated heterocycles. The summed E-state index contributed by atoms with van der Waals surface area (Å²) >= 11 is 0. The first kappa shape index (κ1) is 20.4. The van der Waals surface area contributed by atoms with Crippen molar-refractivity contribution in [1.82, 2.24) is 19.4 Å². The van der Waals surface area contributed by atoms with Crippen molar-refractivity contribution in [2.45, 2.75) is 10.9 Å². The normalized spacial score (nSPS) is 16.9. The van der Waals surface area contributed by atoms with Crippen molar-refractivity contribution < 1.29 is 17.6 Å². The van der Waals surface area contributed by atoms with E-state index in [9.17, 15) is 13.2 Å². The van der Waals surface area contributed by atoms with E-state index in [1.165, 1.54) is 4.31 Å². The number of piperazine rings is 1. The molecule has 1 atom stereocenters. The Labute approximate surface area is 165 Å². The van der Waals surface area contributed by atoms with E-state index in [0.29, 0.717) is 19.6 Å². The van der Waals surface area contributed by atoms with Gasteiger partial charge in [-0.25, -0.2) is 13.2 Å². The third-order valence-electron chi connectivity index (χ3n) is 4.85. The van der Waals surface area contributed by atoms with Crippen molar-refractivity contribution in [3.05, 3.63) is 54.5 Å². The zero-order chi connectivity index (χ0) is 20.1. The highest BCUT2D eigenvalue weighted by molar-refractivity contribution is 7.89. The molecule has 2 amide bonds. The van der Waals surface area contributed by atoms with Crippen LogP contribution in [0.1, 0.15) is 11.8 Å². The molecule has 1 N–H and O–H groups in total. The number of amides is 2. The van der Waals surface area contributed by atoms with Gasteiger partial charge in [-0.15, -0.1) is 0 Å². The van der Waals surface area contributed by atoms with Crippen LogP contribution in [-0.4, -0.2) is 75.4 Å². The quantitative estimate of drug-likeness (QED) is 0.788. The van der Waals surface area contributed by atoms with E-state index in [1.54, 1.807) is 41.5 Å². The number of nitrogens with zero attached hydrogens (tertiary/aromatic N) is 3. The number of carbonyl (C=O) groups is 1. The zero-order valence-electron chi connectivity index (χ0n) is 16.1. The SMILES string of the molecule is CN(C)C(CNC(=O)N1CCN(S(=O)(=O)c2ccccc2)CC1)c1ccco1. The summed E-state index contributed by atoms with van der Waals surface area (Å²) in [6.45, 7) is 1.66. The molecule has 1 aromatic heterocycles. The van der Waals surface area contributed by atoms with Gasteiger partial charge in [0.25, 0.3) is 0 Å². The third kappa shape index (κ3) is 4.54. The largest absolute Gasteiger partial charge is 0.468 e. The van der Waals surface area contributed by atoms with E-state index >= 15 is 0 Å². The molecule has 0 saturated carbocycles. The summed E-state index contributed by atoms with van der Waals surface area (Å²) < 4.78 is 32.2. The fourth-order valence-electron chi connectivity index (χ4n) is 3.19. The molecule has 152 valence electrons. The summed E-state index contributed by atoms with van der Waals surface area (Å²) in [7, 11) is 0.324. The van der Waals surface area contributed by atoms with E-state index in [-0.39, 0.29) is 30.1 Å². The lowest BCUT2D eigenvalue weighted by atomic mass is 10.2. The van der Waals surface area contributed by atoms with Crippen LogP contribution in [0.15, 0.2) is 58.0 Å². The molecule has 0 aliphatic carbocycles. The molecule has 2 heterocycles. The number of sulfonamides is 1. The monoisotopic (exact) mass is 406 g/mol. The van der Waals surface area contributed by atoms with Crippen molar-refractivity contribution in [2.24, 2.45) is 0 Å². The van der Waals surface area contributed by atoms with Crippen molar-refractivity contribution >= 4 is 16.1 Å². The summed E-state index contributed by atoms with van der Waals surface area (Å²) in [5, 5.41) is 2.92. The molecule has 1 aliphatic heterocycles. The van der Waals surface area contributed by atoms with E-state index in [4.69, 9.17) is 4.42 Å². The van der Waals surface area contributed by atoms with Crippen LogP contribution in [0.5, 0.6) is 0 Å². The van der Waals surface area contributed by atoms with Crippen LogP contribution < -0.4 is 5.32 Å². The maximum atomic E-state index is 12.7. The molecule has 1 fully saturated rings. The molecule has 28 heavy (non-hydrogen) atoms. The fourth-order valence-corrected chi connectivity index (χ4v) is 4.63. The van der Waals surface area contributed by atoms with Gasteiger partial charge in [-0.05, 0) is 38.4 Å². The summed E-state index contributed by atoms with van der Waals surface area (Å²) in [4.78, 5) is 16.4. The lowest BCUT2D eigenvalue weighted by Gasteiger charge is -2.34. The Hall–Kier alpha value is -2.36. The highest BCUT2D eigenvalue weighted by atomic mass is 32.2. The predicted molar refractivity (Wildman–Crippen MR) is 105 cm³/mol. The van der Waals surface area contributed by atoms with Gasteiger partial charge >= 0.3 is 6.03 Å². The van der Waals surface area contributed by atoms with Crippen molar-refractivity contribution in [2.75, 3.05) is 46.8 Å². The van der Waals surface area contributed by atoms with Gasteiger partial charge in [0, 0.05) is 32.7 Å². The molecular formula is C19H26N4O4S. The molecule has 3 rings (SSSR count). The molecule has 0 radical (unpaired) electrons. The lowest BCUT2D eigenvalue weighted by molar-refractivity contribution is 0.167. The number of furan rings is 1. The first-order valence-electron chi connectivity index (χ1n) is 9.17. The van der Waals surface area contributed by atoms with Gasteiger partial charge in [0.05, 0.1) is 17.2 Å². The highest BCUT2D eigenvalue weighted by Gasteiger charge is 2.30. The van der Waals surface area contributed by atoms with Gasteiger partial charge in [0.15, 0.2) is 0 Å². The maximum Gasteiger partial charge on any atom is 0.317 e. The minimum Gasteiger partial charge on any atom is -0.468 e. The predicted octanol–water partition coefficient (Wildman–Crippen LogP) is 1.60. The molecule has 9 heteroatoms. The Morgan fingerprint density at radius 2 is 1.79 bits per heavy atom. The minimum absolute atomic E-state index is 0.0707. The van der Waals surface area contributed by atoms with Crippen LogP contribution in [0.4, 0.5) is 4.79 Å². The number of carbonyl (C=O) groups excluding carboxylic acids is 1. The van der Waals surface area contributed by atoms with Gasteiger partial charge in [-0.1, -0.05) is 18.2 Å². The summed E-state index contributed by atoms with van der Waals surface area (Å²) in [6.07, 6.45) is 1.61. The summed E-state index contributed by atoms with van der Waals surface area (Å²) in [5.41, 5.74) is 0. The van der Waals surface area contributed by atoms with Crippen LogP contribution in [0, 0.1) is 0 Å². The van der Waals surface area contributed by atoms with Gasteiger partial charge in [-0.3, -0.25) is 4.90 Å². The van der Waals surface area contributed by atoms with Gasteiger partial charge < -0.3 is 14.6 Å². The minimum atomic E-state index is -3.52. The number of hydrogen-bond donors (Lipinski definition) is 1. The van der Waals surface area contributed by atoms with E-state index in [1.807, 2.05) is 31.1 Å². The molecule has 8 nitrogen and oxygen atoms in total. The van der Waals surface area contributed by atoms with Crippen molar-refractivity contribution in [1.29, 1.82) is 0 Å². The Balaban J connectivity index is 1.54. The molecule has 1 aliphatic rings. The number of nitrogens with one attached hydrogen (secondary N) is 1. The Morgan fingerprint density at radius 3 is 2.36 bits per heavy atom. The standard InChI is InChI=1S/C19H26N4O4S/c1-21(2)17(18-9-6-14-27-18)15-20-19(24)22-10-12-23(13-11-22)28(25,26)16-7-4-3-5-8-16/h3-9,14,17H,10-13,15H2,1-2H3,(H,20,24). The van der Waals surface area contributed by atoms with Crippen molar-refractivity contribution in [3.8, 4) is 0 Å². The number of hydrogen-bond acceptors (Lipinski definition) is 5. The van der Waals surface area contributed by atoms with E-state index in [2.05, 4.69) is 5.32 Å². The van der Waals surface area contributed by atoms with Crippen LogP contribution in [-0.2, 0) is 10.0 Å². The van der Waals surface area contributed by atoms with E-state index < -0.39 is 10.0 Å². The topological polar surface area (TPSA) is 86.1 Å². The number of benzene rings is 1. The second kappa shape index (κ2) is 8.76. The average Bonchev–Trinajstić information content (AvgIpc) is 3.23. The average molecular weight is 407 g/mol. The second-order valence-corrected chi connectivity index (χ2v) is 8.82. The van der Waals surface area contributed by atoms with E-state index in [0.717, 1.165) is 5.76 Å². The Kier molecular flexibility index (Phi) is 6.38. The number of likely N-dealkylation sites (N-methyl/N-ethyl adjacent to an activating group) is 1. The molecular weight excluding hydrogens is 380 g/mol. The van der Waals surface area contributed by atoms with Gasteiger partial charge in [0.1, 0.15) is 5.76 Å². The first-order valence-corrected chi connectivity index (χ1v) is 10.6. The van der Waals surface area contributed by atoms with Crippen LogP contribution in [0.2, 0.25) is 0 Å². The molecule has 0 bridgehead atoms. The van der Waals surface area contributed by atoms with Gasteiger partial charge in [0.2, 0.25) is 10.0 Å². The Morgan fingerprint density at radius 1 is 1.11 bits per heavy atom. The number of rotatable bonds is 6. The molecule has 2 aromatic rings. The lowest BCUT2D eigenvalue weighted by Crippen LogP contribution is -2.53. The first-order chi connectivity index (χ1) is 13.4. The second-order valence-electron chi connectivity index (χ2n) is 6.89. The van der Waals surface area contributed by atoms with Crippen LogP contribution in [0.25, 0.3) is 0 Å².